The molecule has 0 aliphatic rings. The molecule has 7 heteroatoms. The molecule has 2 N–H and O–H groups in total. The number of amides is 1. The summed E-state index contributed by atoms with van der Waals surface area (Å²) in [6, 6.07) is 3.09. The molecule has 0 atom stereocenters. The van der Waals surface area contributed by atoms with Crippen molar-refractivity contribution in [2.75, 3.05) is 18.5 Å². The van der Waals surface area contributed by atoms with Gasteiger partial charge in [-0.25, -0.2) is 4.79 Å². The van der Waals surface area contributed by atoms with Crippen LogP contribution in [0, 0.1) is 0 Å². The Bertz CT molecular complexity index is 491. The number of halogens is 2. The molecule has 1 aromatic carbocycles. The summed E-state index contributed by atoms with van der Waals surface area (Å²) in [5.41, 5.74) is 0.228. The maximum atomic E-state index is 11.6. The summed E-state index contributed by atoms with van der Waals surface area (Å²) >= 11 is 6.43. The molecule has 0 saturated carbocycles. The van der Waals surface area contributed by atoms with Gasteiger partial charge in [0, 0.05) is 15.6 Å². The van der Waals surface area contributed by atoms with Crippen molar-refractivity contribution in [3.63, 3.8) is 0 Å². The fraction of sp³-hybridized carbons (Fsp3) is 0.333. The van der Waals surface area contributed by atoms with Crippen LogP contribution >= 0.6 is 31.9 Å². The van der Waals surface area contributed by atoms with E-state index in [1.165, 1.54) is 6.07 Å². The normalized spacial score (nSPS) is 10.3. The second kappa shape index (κ2) is 7.62. The van der Waals surface area contributed by atoms with Crippen LogP contribution in [0.3, 0.4) is 0 Å². The highest BCUT2D eigenvalue weighted by atomic mass is 79.9. The lowest BCUT2D eigenvalue weighted by molar-refractivity contribution is -0.120. The first-order chi connectivity index (χ1) is 8.95. The van der Waals surface area contributed by atoms with E-state index in [0.717, 1.165) is 6.42 Å². The Balaban J connectivity index is 2.88. The molecule has 0 aromatic heterocycles. The van der Waals surface area contributed by atoms with Crippen LogP contribution in [0.4, 0.5) is 5.69 Å². The van der Waals surface area contributed by atoms with Crippen LogP contribution in [0.25, 0.3) is 0 Å². The molecule has 1 amide bonds. The van der Waals surface area contributed by atoms with E-state index in [1.807, 2.05) is 6.92 Å². The van der Waals surface area contributed by atoms with Crippen molar-refractivity contribution < 1.29 is 19.4 Å². The number of benzene rings is 1. The van der Waals surface area contributed by atoms with Crippen LogP contribution in [0.15, 0.2) is 21.1 Å². The highest BCUT2D eigenvalue weighted by molar-refractivity contribution is 9.11. The summed E-state index contributed by atoms with van der Waals surface area (Å²) in [7, 11) is 0. The Morgan fingerprint density at radius 2 is 2.05 bits per heavy atom. The summed E-state index contributed by atoms with van der Waals surface area (Å²) in [5, 5.41) is 11.7. The topological polar surface area (TPSA) is 75.6 Å². The third-order valence-electron chi connectivity index (χ3n) is 2.13. The Morgan fingerprint density at radius 3 is 2.63 bits per heavy atom. The molecule has 0 aliphatic heterocycles. The summed E-state index contributed by atoms with van der Waals surface area (Å²) in [5.74, 6) is -1.51. The fourth-order valence-corrected chi connectivity index (χ4v) is 2.68. The quantitative estimate of drug-likeness (QED) is 0.726. The van der Waals surface area contributed by atoms with Crippen molar-refractivity contribution in [3.05, 3.63) is 26.6 Å². The number of hydrogen-bond donors (Lipinski definition) is 2. The average Bonchev–Trinajstić information content (AvgIpc) is 2.32. The molecule has 1 aromatic rings. The minimum absolute atomic E-state index is 0.00471. The summed E-state index contributed by atoms with van der Waals surface area (Å²) in [4.78, 5) is 22.8. The number of carboxylic acids is 1. The lowest BCUT2D eigenvalue weighted by Crippen LogP contribution is -2.20. The molecule has 19 heavy (non-hydrogen) atoms. The molecule has 0 fully saturated rings. The Morgan fingerprint density at radius 1 is 1.37 bits per heavy atom. The summed E-state index contributed by atoms with van der Waals surface area (Å²) in [6.45, 7) is 2.32. The molecule has 0 unspecified atom stereocenters. The zero-order valence-electron chi connectivity index (χ0n) is 10.2. The third kappa shape index (κ3) is 4.93. The van der Waals surface area contributed by atoms with Gasteiger partial charge in [0.05, 0.1) is 11.3 Å². The van der Waals surface area contributed by atoms with E-state index in [9.17, 15) is 9.59 Å². The largest absolute Gasteiger partial charge is 0.478 e. The van der Waals surface area contributed by atoms with Crippen LogP contribution in [0.5, 0.6) is 0 Å². The monoisotopic (exact) mass is 393 g/mol. The minimum Gasteiger partial charge on any atom is -0.478 e. The van der Waals surface area contributed by atoms with Gasteiger partial charge in [0.15, 0.2) is 0 Å². The first-order valence-electron chi connectivity index (χ1n) is 5.55. The predicted octanol–water partition coefficient (Wildman–Crippen LogP) is 3.27. The van der Waals surface area contributed by atoms with Gasteiger partial charge in [-0.1, -0.05) is 22.9 Å². The van der Waals surface area contributed by atoms with Gasteiger partial charge in [-0.05, 0) is 34.5 Å². The zero-order chi connectivity index (χ0) is 14.4. The van der Waals surface area contributed by atoms with Crippen LogP contribution in [0.2, 0.25) is 0 Å². The van der Waals surface area contributed by atoms with E-state index < -0.39 is 5.97 Å². The number of carbonyl (C=O) groups is 2. The van der Waals surface area contributed by atoms with Gasteiger partial charge >= 0.3 is 5.97 Å². The lowest BCUT2D eigenvalue weighted by Gasteiger charge is -2.11. The SMILES string of the molecule is CCCOCC(=O)Nc1c(Br)cc(Br)cc1C(=O)O. The lowest BCUT2D eigenvalue weighted by atomic mass is 10.2. The van der Waals surface area contributed by atoms with E-state index in [1.54, 1.807) is 6.07 Å². The van der Waals surface area contributed by atoms with E-state index >= 15 is 0 Å². The second-order valence-electron chi connectivity index (χ2n) is 3.72. The number of anilines is 1. The zero-order valence-corrected chi connectivity index (χ0v) is 13.4. The van der Waals surface area contributed by atoms with Crippen molar-refractivity contribution >= 4 is 49.4 Å². The highest BCUT2D eigenvalue weighted by Gasteiger charge is 2.16. The number of carboxylic acid groups (broad SMARTS) is 1. The first kappa shape index (κ1) is 16.1. The van der Waals surface area contributed by atoms with Crippen LogP contribution in [-0.4, -0.2) is 30.2 Å². The minimum atomic E-state index is -1.12. The van der Waals surface area contributed by atoms with Gasteiger partial charge in [-0.2, -0.15) is 0 Å². The predicted molar refractivity (Wildman–Crippen MR) is 78.5 cm³/mol. The van der Waals surface area contributed by atoms with Gasteiger partial charge in [0.2, 0.25) is 5.91 Å². The molecule has 104 valence electrons. The van der Waals surface area contributed by atoms with E-state index in [2.05, 4.69) is 37.2 Å². The molecule has 0 heterocycles. The van der Waals surface area contributed by atoms with Crippen molar-refractivity contribution in [2.45, 2.75) is 13.3 Å². The Labute approximate surface area is 127 Å². The van der Waals surface area contributed by atoms with Gasteiger partial charge < -0.3 is 15.2 Å². The molecular weight excluding hydrogens is 382 g/mol. The van der Waals surface area contributed by atoms with E-state index in [-0.39, 0.29) is 23.8 Å². The molecule has 0 bridgehead atoms. The Hall–Kier alpha value is -0.920. The number of nitrogens with one attached hydrogen (secondary N) is 1. The number of hydrogen-bond acceptors (Lipinski definition) is 3. The third-order valence-corrected chi connectivity index (χ3v) is 3.21. The maximum Gasteiger partial charge on any atom is 0.337 e. The number of ether oxygens (including phenoxy) is 1. The van der Waals surface area contributed by atoms with Crippen LogP contribution in [-0.2, 0) is 9.53 Å². The van der Waals surface area contributed by atoms with Gasteiger partial charge in [0.1, 0.15) is 6.61 Å². The van der Waals surface area contributed by atoms with Crippen LogP contribution < -0.4 is 5.32 Å². The molecule has 0 spiro atoms. The molecule has 0 aliphatic carbocycles. The van der Waals surface area contributed by atoms with Crippen molar-refractivity contribution in [2.24, 2.45) is 0 Å². The number of rotatable bonds is 6. The fourth-order valence-electron chi connectivity index (χ4n) is 1.35. The van der Waals surface area contributed by atoms with Gasteiger partial charge in [-0.3, -0.25) is 4.79 Å². The smallest absolute Gasteiger partial charge is 0.337 e. The van der Waals surface area contributed by atoms with Crippen molar-refractivity contribution in [1.82, 2.24) is 0 Å². The molecule has 1 rings (SSSR count). The summed E-state index contributed by atoms with van der Waals surface area (Å²) < 4.78 is 6.19. The average molecular weight is 395 g/mol. The van der Waals surface area contributed by atoms with E-state index in [0.29, 0.717) is 15.6 Å². The first-order valence-corrected chi connectivity index (χ1v) is 7.14. The molecule has 0 saturated heterocycles. The van der Waals surface area contributed by atoms with E-state index in [4.69, 9.17) is 9.84 Å². The van der Waals surface area contributed by atoms with Gasteiger partial charge in [0.25, 0.3) is 0 Å². The highest BCUT2D eigenvalue weighted by Crippen LogP contribution is 2.30. The number of carbonyl (C=O) groups excluding carboxylic acids is 1. The number of aromatic carboxylic acids is 1. The molecular formula is C12H13Br2NO4. The Kier molecular flexibility index (Phi) is 6.47. The molecule has 5 nitrogen and oxygen atoms in total. The maximum absolute atomic E-state index is 11.6. The summed E-state index contributed by atoms with van der Waals surface area (Å²) in [6.07, 6.45) is 0.815. The van der Waals surface area contributed by atoms with Crippen molar-refractivity contribution in [1.29, 1.82) is 0 Å². The molecule has 0 radical (unpaired) electrons. The van der Waals surface area contributed by atoms with Crippen molar-refractivity contribution in [3.8, 4) is 0 Å². The standard InChI is InChI=1S/C12H13Br2NO4/c1-2-3-19-6-10(16)15-11-8(12(17)18)4-7(13)5-9(11)14/h4-5H,2-3,6H2,1H3,(H,15,16)(H,17,18). The van der Waals surface area contributed by atoms with Crippen LogP contribution in [0.1, 0.15) is 23.7 Å². The second-order valence-corrected chi connectivity index (χ2v) is 5.49. The van der Waals surface area contributed by atoms with Gasteiger partial charge in [-0.15, -0.1) is 0 Å².